The van der Waals surface area contributed by atoms with Gasteiger partial charge in [-0.25, -0.2) is 0 Å². The molecule has 0 N–H and O–H groups in total. The summed E-state index contributed by atoms with van der Waals surface area (Å²) < 4.78 is 0. The minimum Gasteiger partial charge on any atom is -0.176 e. The molecular weight excluding hydrogens is 176 g/mol. The zero-order valence-electron chi connectivity index (χ0n) is 8.80. The van der Waals surface area contributed by atoms with E-state index >= 15 is 0 Å². The molecular formula is C12H24S. The van der Waals surface area contributed by atoms with Crippen LogP contribution in [-0.2, 0) is 0 Å². The van der Waals surface area contributed by atoms with Crippen LogP contribution in [0.2, 0.25) is 0 Å². The summed E-state index contributed by atoms with van der Waals surface area (Å²) in [6.07, 6.45) is 15.7. The highest BCUT2D eigenvalue weighted by Crippen LogP contribution is 2.19. The number of hydrogen-bond acceptors (Lipinski definition) is 1. The molecule has 0 bridgehead atoms. The standard InChI is InChI=1S/C12H24S/c13-12-10-8-6-4-2-1-3-5-7-9-11-12/h12-13H,1-11H2. The van der Waals surface area contributed by atoms with Crippen LogP contribution in [0.1, 0.15) is 70.6 Å². The lowest BCUT2D eigenvalue weighted by atomic mass is 10.0. The fourth-order valence-electron chi connectivity index (χ4n) is 2.14. The summed E-state index contributed by atoms with van der Waals surface area (Å²) in [4.78, 5) is 0. The van der Waals surface area contributed by atoms with Crippen molar-refractivity contribution in [3.63, 3.8) is 0 Å². The van der Waals surface area contributed by atoms with Crippen LogP contribution in [0.25, 0.3) is 0 Å². The second-order valence-electron chi connectivity index (χ2n) is 4.41. The summed E-state index contributed by atoms with van der Waals surface area (Å²) in [5.41, 5.74) is 0. The Bertz CT molecular complexity index is 99.7. The van der Waals surface area contributed by atoms with Gasteiger partial charge in [-0.05, 0) is 12.8 Å². The van der Waals surface area contributed by atoms with E-state index < -0.39 is 0 Å². The van der Waals surface area contributed by atoms with Gasteiger partial charge in [0, 0.05) is 5.25 Å². The summed E-state index contributed by atoms with van der Waals surface area (Å²) in [5.74, 6) is 0. The van der Waals surface area contributed by atoms with Gasteiger partial charge in [0.15, 0.2) is 0 Å². The Hall–Kier alpha value is 0.350. The molecule has 0 saturated heterocycles. The molecule has 0 radical (unpaired) electrons. The second kappa shape index (κ2) is 7.73. The van der Waals surface area contributed by atoms with E-state index in [2.05, 4.69) is 12.6 Å². The molecule has 78 valence electrons. The summed E-state index contributed by atoms with van der Waals surface area (Å²) >= 11 is 4.62. The second-order valence-corrected chi connectivity index (χ2v) is 5.14. The third-order valence-electron chi connectivity index (χ3n) is 3.07. The minimum atomic E-state index is 0.694. The van der Waals surface area contributed by atoms with Crippen molar-refractivity contribution in [3.05, 3.63) is 0 Å². The van der Waals surface area contributed by atoms with Gasteiger partial charge >= 0.3 is 0 Å². The third-order valence-corrected chi connectivity index (χ3v) is 3.59. The first-order chi connectivity index (χ1) is 6.39. The Balaban J connectivity index is 2.11. The first-order valence-electron chi connectivity index (χ1n) is 6.07. The van der Waals surface area contributed by atoms with Gasteiger partial charge in [-0.15, -0.1) is 0 Å². The van der Waals surface area contributed by atoms with Crippen LogP contribution >= 0.6 is 12.6 Å². The molecule has 0 aromatic rings. The summed E-state index contributed by atoms with van der Waals surface area (Å²) in [6, 6.07) is 0. The van der Waals surface area contributed by atoms with Crippen molar-refractivity contribution in [1.29, 1.82) is 0 Å². The molecule has 0 aromatic carbocycles. The van der Waals surface area contributed by atoms with E-state index in [-0.39, 0.29) is 0 Å². The molecule has 0 unspecified atom stereocenters. The topological polar surface area (TPSA) is 0 Å². The normalized spacial score (nSPS) is 24.7. The maximum Gasteiger partial charge on any atom is 0.00168 e. The van der Waals surface area contributed by atoms with Crippen LogP contribution < -0.4 is 0 Å². The Kier molecular flexibility index (Phi) is 6.79. The maximum absolute atomic E-state index is 4.62. The number of thiol groups is 1. The first kappa shape index (κ1) is 11.4. The van der Waals surface area contributed by atoms with Crippen molar-refractivity contribution >= 4 is 12.6 Å². The molecule has 0 atom stereocenters. The van der Waals surface area contributed by atoms with Gasteiger partial charge in [0.25, 0.3) is 0 Å². The Labute approximate surface area is 88.9 Å². The van der Waals surface area contributed by atoms with Crippen LogP contribution in [-0.4, -0.2) is 5.25 Å². The van der Waals surface area contributed by atoms with Crippen molar-refractivity contribution in [1.82, 2.24) is 0 Å². The highest BCUT2D eigenvalue weighted by molar-refractivity contribution is 7.80. The zero-order valence-corrected chi connectivity index (χ0v) is 9.70. The van der Waals surface area contributed by atoms with Gasteiger partial charge in [-0.2, -0.15) is 12.6 Å². The maximum atomic E-state index is 4.62. The highest BCUT2D eigenvalue weighted by Gasteiger charge is 2.03. The van der Waals surface area contributed by atoms with E-state index in [0.29, 0.717) is 5.25 Å². The van der Waals surface area contributed by atoms with Gasteiger partial charge in [0.1, 0.15) is 0 Å². The van der Waals surface area contributed by atoms with Gasteiger partial charge in [-0.3, -0.25) is 0 Å². The minimum absolute atomic E-state index is 0.694. The van der Waals surface area contributed by atoms with Gasteiger partial charge in [-0.1, -0.05) is 57.8 Å². The fraction of sp³-hybridized carbons (Fsp3) is 1.00. The summed E-state index contributed by atoms with van der Waals surface area (Å²) in [7, 11) is 0. The van der Waals surface area contributed by atoms with Crippen LogP contribution in [0.3, 0.4) is 0 Å². The predicted octanol–water partition coefficient (Wildman–Crippen LogP) is 4.59. The smallest absolute Gasteiger partial charge is 0.00168 e. The number of hydrogen-bond donors (Lipinski definition) is 1. The van der Waals surface area contributed by atoms with Crippen molar-refractivity contribution in [3.8, 4) is 0 Å². The molecule has 13 heavy (non-hydrogen) atoms. The van der Waals surface area contributed by atoms with E-state index in [1.165, 1.54) is 70.6 Å². The molecule has 0 spiro atoms. The van der Waals surface area contributed by atoms with Gasteiger partial charge in [0.2, 0.25) is 0 Å². The fourth-order valence-corrected chi connectivity index (χ4v) is 2.51. The first-order valence-corrected chi connectivity index (χ1v) is 6.59. The SMILES string of the molecule is SC1CCCCCCCCCCC1. The largest absolute Gasteiger partial charge is 0.176 e. The molecule has 1 aliphatic rings. The third kappa shape index (κ3) is 6.42. The van der Waals surface area contributed by atoms with E-state index in [1.807, 2.05) is 0 Å². The molecule has 0 aliphatic heterocycles. The molecule has 1 fully saturated rings. The van der Waals surface area contributed by atoms with E-state index in [0.717, 1.165) is 0 Å². The summed E-state index contributed by atoms with van der Waals surface area (Å²) in [6.45, 7) is 0. The average Bonchev–Trinajstić information content (AvgIpc) is 2.11. The number of rotatable bonds is 0. The lowest BCUT2D eigenvalue weighted by Crippen LogP contribution is -1.99. The Morgan fingerprint density at radius 1 is 0.538 bits per heavy atom. The van der Waals surface area contributed by atoms with Crippen molar-refractivity contribution in [2.24, 2.45) is 0 Å². The molecule has 1 saturated carbocycles. The van der Waals surface area contributed by atoms with E-state index in [1.54, 1.807) is 0 Å². The van der Waals surface area contributed by atoms with Crippen LogP contribution in [0.5, 0.6) is 0 Å². The molecule has 1 rings (SSSR count). The summed E-state index contributed by atoms with van der Waals surface area (Å²) in [5, 5.41) is 0.694. The van der Waals surface area contributed by atoms with Crippen LogP contribution in [0, 0.1) is 0 Å². The monoisotopic (exact) mass is 200 g/mol. The molecule has 0 heterocycles. The van der Waals surface area contributed by atoms with Crippen molar-refractivity contribution in [2.45, 2.75) is 75.9 Å². The molecule has 0 amide bonds. The van der Waals surface area contributed by atoms with Crippen molar-refractivity contribution in [2.75, 3.05) is 0 Å². The van der Waals surface area contributed by atoms with Gasteiger partial charge in [0.05, 0.1) is 0 Å². The zero-order chi connectivity index (χ0) is 9.36. The molecule has 1 heteroatoms. The Morgan fingerprint density at radius 3 is 1.23 bits per heavy atom. The average molecular weight is 200 g/mol. The van der Waals surface area contributed by atoms with Crippen LogP contribution in [0.4, 0.5) is 0 Å². The van der Waals surface area contributed by atoms with E-state index in [4.69, 9.17) is 0 Å². The van der Waals surface area contributed by atoms with Gasteiger partial charge < -0.3 is 0 Å². The van der Waals surface area contributed by atoms with Crippen molar-refractivity contribution < 1.29 is 0 Å². The molecule has 0 aromatic heterocycles. The lowest BCUT2D eigenvalue weighted by Gasteiger charge is -2.11. The lowest BCUT2D eigenvalue weighted by molar-refractivity contribution is 0.511. The Morgan fingerprint density at radius 2 is 0.846 bits per heavy atom. The molecule has 1 aliphatic carbocycles. The predicted molar refractivity (Wildman–Crippen MR) is 63.6 cm³/mol. The van der Waals surface area contributed by atoms with Crippen LogP contribution in [0.15, 0.2) is 0 Å². The highest BCUT2D eigenvalue weighted by atomic mass is 32.1. The van der Waals surface area contributed by atoms with E-state index in [9.17, 15) is 0 Å². The molecule has 0 nitrogen and oxygen atoms in total. The quantitative estimate of drug-likeness (QED) is 0.543.